The number of rotatable bonds is 7. The van der Waals surface area contributed by atoms with Crippen molar-refractivity contribution in [2.45, 2.75) is 13.8 Å². The highest BCUT2D eigenvalue weighted by Gasteiger charge is 2.13. The fourth-order valence-corrected chi connectivity index (χ4v) is 1.85. The molecule has 0 aromatic heterocycles. The van der Waals surface area contributed by atoms with Crippen LogP contribution in [0.3, 0.4) is 0 Å². The van der Waals surface area contributed by atoms with Crippen molar-refractivity contribution >= 4 is 31.8 Å². The lowest BCUT2D eigenvalue weighted by atomic mass is 10.7. The van der Waals surface area contributed by atoms with Crippen LogP contribution in [0.4, 0.5) is 0 Å². The zero-order chi connectivity index (χ0) is 10.1. The lowest BCUT2D eigenvalue weighted by molar-refractivity contribution is 0.199. The van der Waals surface area contributed by atoms with Crippen molar-refractivity contribution in [3.8, 4) is 0 Å². The molecule has 0 aliphatic heterocycles. The molecule has 0 aromatic carbocycles. The summed E-state index contributed by atoms with van der Waals surface area (Å²) in [5.41, 5.74) is 1.28. The molecule has 0 N–H and O–H groups in total. The van der Waals surface area contributed by atoms with Crippen LogP contribution in [0.15, 0.2) is 11.3 Å². The van der Waals surface area contributed by atoms with Crippen molar-refractivity contribution in [1.29, 1.82) is 0 Å². The van der Waals surface area contributed by atoms with Crippen LogP contribution >= 0.6 is 31.8 Å². The summed E-state index contributed by atoms with van der Waals surface area (Å²) < 4.78 is 15.6. The fourth-order valence-electron chi connectivity index (χ4n) is 0.470. The molecule has 0 aliphatic rings. The van der Waals surface area contributed by atoms with Crippen molar-refractivity contribution in [3.63, 3.8) is 0 Å². The van der Waals surface area contributed by atoms with Crippen LogP contribution in [0.2, 0.25) is 0 Å². The maximum absolute atomic E-state index is 5.53. The molecular formula is C7H13Cl2O3P. The van der Waals surface area contributed by atoms with Gasteiger partial charge in [0.05, 0.1) is 19.1 Å². The van der Waals surface area contributed by atoms with Crippen LogP contribution in [0.1, 0.15) is 13.8 Å². The summed E-state index contributed by atoms with van der Waals surface area (Å²) in [5, 5.41) is 0. The SMILES string of the molecule is CCOP(OCC)O/C(=C\Cl)CCl. The van der Waals surface area contributed by atoms with Gasteiger partial charge in [-0.3, -0.25) is 0 Å². The van der Waals surface area contributed by atoms with E-state index in [-0.39, 0.29) is 5.88 Å². The number of allylic oxidation sites excluding steroid dienone is 1. The van der Waals surface area contributed by atoms with Gasteiger partial charge in [0.25, 0.3) is 0 Å². The van der Waals surface area contributed by atoms with E-state index in [4.69, 9.17) is 36.8 Å². The molecule has 78 valence electrons. The predicted molar refractivity (Wildman–Crippen MR) is 55.9 cm³/mol. The quantitative estimate of drug-likeness (QED) is 0.390. The van der Waals surface area contributed by atoms with Crippen LogP contribution in [-0.2, 0) is 13.6 Å². The van der Waals surface area contributed by atoms with E-state index in [9.17, 15) is 0 Å². The Morgan fingerprint density at radius 1 is 1.31 bits per heavy atom. The summed E-state index contributed by atoms with van der Waals surface area (Å²) in [4.78, 5) is 0. The van der Waals surface area contributed by atoms with Gasteiger partial charge in [-0.05, 0) is 13.8 Å². The van der Waals surface area contributed by atoms with E-state index in [1.54, 1.807) is 0 Å². The van der Waals surface area contributed by atoms with Crippen molar-refractivity contribution < 1.29 is 13.6 Å². The smallest absolute Gasteiger partial charge is 0.396 e. The van der Waals surface area contributed by atoms with Crippen molar-refractivity contribution in [2.24, 2.45) is 0 Å². The third-order valence-electron chi connectivity index (χ3n) is 0.914. The van der Waals surface area contributed by atoms with Gasteiger partial charge in [-0.15, -0.1) is 11.6 Å². The molecule has 13 heavy (non-hydrogen) atoms. The second kappa shape index (κ2) is 9.04. The average molecular weight is 247 g/mol. The summed E-state index contributed by atoms with van der Waals surface area (Å²) in [6, 6.07) is 0. The predicted octanol–water partition coefficient (Wildman–Crippen LogP) is 3.62. The lowest BCUT2D eigenvalue weighted by Crippen LogP contribution is -1.96. The second-order valence-corrected chi connectivity index (χ2v) is 3.49. The van der Waals surface area contributed by atoms with Gasteiger partial charge in [0.15, 0.2) is 0 Å². The highest BCUT2D eigenvalue weighted by molar-refractivity contribution is 7.41. The van der Waals surface area contributed by atoms with E-state index >= 15 is 0 Å². The Bertz CT molecular complexity index is 149. The van der Waals surface area contributed by atoms with E-state index < -0.39 is 8.60 Å². The average Bonchev–Trinajstić information content (AvgIpc) is 2.14. The Morgan fingerprint density at radius 2 is 1.85 bits per heavy atom. The Morgan fingerprint density at radius 3 is 2.15 bits per heavy atom. The largest absolute Gasteiger partial charge is 0.429 e. The Labute approximate surface area is 89.9 Å². The zero-order valence-corrected chi connectivity index (χ0v) is 10.0. The van der Waals surface area contributed by atoms with E-state index in [1.165, 1.54) is 5.54 Å². The molecule has 0 spiro atoms. The Hall–Kier alpha value is 0.470. The summed E-state index contributed by atoms with van der Waals surface area (Å²) in [7, 11) is -1.35. The molecule has 6 heteroatoms. The summed E-state index contributed by atoms with van der Waals surface area (Å²) in [5.74, 6) is 0.666. The van der Waals surface area contributed by atoms with Crippen LogP contribution in [0.25, 0.3) is 0 Å². The topological polar surface area (TPSA) is 27.7 Å². The molecule has 0 aliphatic carbocycles. The van der Waals surface area contributed by atoms with Gasteiger partial charge < -0.3 is 13.6 Å². The van der Waals surface area contributed by atoms with E-state index in [1.807, 2.05) is 13.8 Å². The maximum atomic E-state index is 5.53. The third-order valence-corrected chi connectivity index (χ3v) is 2.74. The molecule has 0 saturated carbocycles. The van der Waals surface area contributed by atoms with Crippen molar-refractivity contribution in [2.75, 3.05) is 19.1 Å². The monoisotopic (exact) mass is 246 g/mol. The molecule has 0 radical (unpaired) electrons. The molecule has 0 amide bonds. The zero-order valence-electron chi connectivity index (χ0n) is 7.63. The van der Waals surface area contributed by atoms with Crippen molar-refractivity contribution in [1.82, 2.24) is 0 Å². The minimum absolute atomic E-state index is 0.211. The highest BCUT2D eigenvalue weighted by Crippen LogP contribution is 2.41. The van der Waals surface area contributed by atoms with Crippen LogP contribution in [0.5, 0.6) is 0 Å². The van der Waals surface area contributed by atoms with E-state index in [2.05, 4.69) is 0 Å². The van der Waals surface area contributed by atoms with Gasteiger partial charge in [0, 0.05) is 5.54 Å². The first-order valence-electron chi connectivity index (χ1n) is 3.87. The standard InChI is InChI=1S/C7H13Cl2O3P/c1-3-10-13(11-4-2)12-7(5-8)6-9/h5H,3-4,6H2,1-2H3/b7-5-. The molecule has 0 saturated heterocycles. The molecule has 0 rings (SSSR count). The first kappa shape index (κ1) is 13.5. The molecule has 0 fully saturated rings. The third kappa shape index (κ3) is 6.53. The van der Waals surface area contributed by atoms with Gasteiger partial charge in [-0.2, -0.15) is 0 Å². The lowest BCUT2D eigenvalue weighted by Gasteiger charge is -2.15. The normalized spacial score (nSPS) is 12.2. The molecule has 0 atom stereocenters. The number of halogens is 2. The summed E-state index contributed by atoms with van der Waals surface area (Å²) in [6.45, 7) is 4.79. The second-order valence-electron chi connectivity index (χ2n) is 1.86. The van der Waals surface area contributed by atoms with E-state index in [0.29, 0.717) is 19.0 Å². The van der Waals surface area contributed by atoms with Crippen LogP contribution < -0.4 is 0 Å². The number of alkyl halides is 1. The number of hydrogen-bond acceptors (Lipinski definition) is 3. The number of hydrogen-bond donors (Lipinski definition) is 0. The molecule has 0 unspecified atom stereocenters. The minimum atomic E-state index is -1.35. The van der Waals surface area contributed by atoms with Gasteiger partial charge in [0.1, 0.15) is 5.76 Å². The molecule has 0 aromatic rings. The van der Waals surface area contributed by atoms with Gasteiger partial charge in [0.2, 0.25) is 0 Å². The minimum Gasteiger partial charge on any atom is -0.429 e. The highest BCUT2D eigenvalue weighted by atomic mass is 35.5. The van der Waals surface area contributed by atoms with Crippen LogP contribution in [-0.4, -0.2) is 19.1 Å². The Balaban J connectivity index is 3.91. The van der Waals surface area contributed by atoms with Crippen LogP contribution in [0, 0.1) is 0 Å². The van der Waals surface area contributed by atoms with Crippen molar-refractivity contribution in [3.05, 3.63) is 11.3 Å². The summed E-state index contributed by atoms with van der Waals surface area (Å²) >= 11 is 11.0. The van der Waals surface area contributed by atoms with Gasteiger partial charge in [-0.25, -0.2) is 0 Å². The van der Waals surface area contributed by atoms with Gasteiger partial charge in [-0.1, -0.05) is 11.6 Å². The fraction of sp³-hybridized carbons (Fsp3) is 0.714. The first-order chi connectivity index (χ1) is 6.28. The molecule has 0 bridgehead atoms. The van der Waals surface area contributed by atoms with Gasteiger partial charge >= 0.3 is 8.60 Å². The Kier molecular flexibility index (Phi) is 9.37. The first-order valence-corrected chi connectivity index (χ1v) is 5.94. The van der Waals surface area contributed by atoms with E-state index in [0.717, 1.165) is 0 Å². The molecular weight excluding hydrogens is 234 g/mol. The molecule has 0 heterocycles. The molecule has 3 nitrogen and oxygen atoms in total. The maximum Gasteiger partial charge on any atom is 0.396 e. The summed E-state index contributed by atoms with van der Waals surface area (Å²) in [6.07, 6.45) is 0.